The van der Waals surface area contributed by atoms with Gasteiger partial charge in [0, 0.05) is 42.0 Å². The summed E-state index contributed by atoms with van der Waals surface area (Å²) in [4.78, 5) is 15.1. The smallest absolute Gasteiger partial charge is 0.304 e. The zero-order valence-corrected chi connectivity index (χ0v) is 20.0. The van der Waals surface area contributed by atoms with Crippen molar-refractivity contribution in [3.8, 4) is 17.2 Å². The first-order valence-corrected chi connectivity index (χ1v) is 11.8. The molecule has 35 heavy (non-hydrogen) atoms. The molecule has 0 aliphatic heterocycles. The van der Waals surface area contributed by atoms with Gasteiger partial charge in [0.2, 0.25) is 5.88 Å². The Morgan fingerprint density at radius 1 is 1.09 bits per heavy atom. The molecule has 0 aliphatic rings. The van der Waals surface area contributed by atoms with E-state index in [0.717, 1.165) is 33.5 Å². The zero-order chi connectivity index (χ0) is 24.6. The van der Waals surface area contributed by atoms with Gasteiger partial charge >= 0.3 is 5.97 Å². The normalized spacial score (nSPS) is 12.1. The van der Waals surface area contributed by atoms with Crippen LogP contribution in [0.15, 0.2) is 77.3 Å². The van der Waals surface area contributed by atoms with Crippen LogP contribution < -0.4 is 15.4 Å². The number of furan rings is 1. The van der Waals surface area contributed by atoms with Crippen molar-refractivity contribution in [3.05, 3.63) is 78.5 Å². The lowest BCUT2D eigenvalue weighted by Crippen LogP contribution is -2.32. The van der Waals surface area contributed by atoms with Crippen LogP contribution in [-0.2, 0) is 11.3 Å². The number of carboxylic acid groups (broad SMARTS) is 1. The molecular weight excluding hydrogens is 442 g/mol. The summed E-state index contributed by atoms with van der Waals surface area (Å²) in [5.41, 5.74) is 3.88. The Balaban J connectivity index is 1.30. The average molecular weight is 474 g/mol. The number of fused-ring (bicyclic) bond motifs is 1. The van der Waals surface area contributed by atoms with E-state index in [1.54, 1.807) is 6.20 Å². The zero-order valence-electron chi connectivity index (χ0n) is 20.0. The van der Waals surface area contributed by atoms with Gasteiger partial charge < -0.3 is 24.9 Å². The van der Waals surface area contributed by atoms with Crippen LogP contribution in [0.2, 0.25) is 0 Å². The minimum absolute atomic E-state index is 0.103. The molecule has 0 spiro atoms. The van der Waals surface area contributed by atoms with E-state index in [-0.39, 0.29) is 12.5 Å². The topological polar surface area (TPSA) is 96.6 Å². The highest BCUT2D eigenvalue weighted by molar-refractivity contribution is 5.82. The molecule has 7 nitrogen and oxygen atoms in total. The highest BCUT2D eigenvalue weighted by Gasteiger charge is 2.15. The van der Waals surface area contributed by atoms with Gasteiger partial charge in [-0.15, -0.1) is 0 Å². The van der Waals surface area contributed by atoms with Gasteiger partial charge in [0.05, 0.1) is 12.5 Å². The number of nitrogens with one attached hydrogen (secondary N) is 2. The predicted octanol–water partition coefficient (Wildman–Crippen LogP) is 5.57. The maximum Gasteiger partial charge on any atom is 0.304 e. The molecule has 182 valence electrons. The maximum absolute atomic E-state index is 10.6. The maximum atomic E-state index is 10.6. The van der Waals surface area contributed by atoms with E-state index in [1.165, 1.54) is 0 Å². The fourth-order valence-corrected chi connectivity index (χ4v) is 3.67. The third-order valence-electron chi connectivity index (χ3n) is 5.81. The van der Waals surface area contributed by atoms with Crippen LogP contribution in [0, 0.1) is 5.92 Å². The van der Waals surface area contributed by atoms with Crippen molar-refractivity contribution in [2.45, 2.75) is 32.9 Å². The minimum Gasteiger partial charge on any atom is -0.481 e. The van der Waals surface area contributed by atoms with Crippen molar-refractivity contribution < 1.29 is 19.1 Å². The molecular formula is C28H31N3O4. The first-order valence-electron chi connectivity index (χ1n) is 11.8. The molecule has 0 saturated heterocycles. The number of benzene rings is 2. The first-order chi connectivity index (χ1) is 17.0. The fourth-order valence-electron chi connectivity index (χ4n) is 3.67. The molecule has 0 saturated carbocycles. The minimum atomic E-state index is -0.795. The van der Waals surface area contributed by atoms with E-state index in [0.29, 0.717) is 31.5 Å². The van der Waals surface area contributed by atoms with Crippen LogP contribution >= 0.6 is 0 Å². The van der Waals surface area contributed by atoms with E-state index in [2.05, 4.69) is 29.5 Å². The number of carbonyl (C=O) groups is 1. The Bertz CT molecular complexity index is 1200. The van der Waals surface area contributed by atoms with Crippen molar-refractivity contribution in [2.24, 2.45) is 5.92 Å². The molecule has 2 aromatic heterocycles. The van der Waals surface area contributed by atoms with Crippen LogP contribution in [0.3, 0.4) is 0 Å². The van der Waals surface area contributed by atoms with Crippen molar-refractivity contribution in [1.82, 2.24) is 10.3 Å². The SMILES string of the molecule is CC(C)[C@@H](COc1ccc(-c2cc3ccccc3o2)cn1)Nc1ccc(CNCCC(=O)O)cc1. The van der Waals surface area contributed by atoms with E-state index < -0.39 is 5.97 Å². The summed E-state index contributed by atoms with van der Waals surface area (Å²) < 4.78 is 11.9. The molecule has 0 bridgehead atoms. The van der Waals surface area contributed by atoms with Gasteiger partial charge in [-0.3, -0.25) is 4.79 Å². The summed E-state index contributed by atoms with van der Waals surface area (Å²) in [6.07, 6.45) is 1.89. The van der Waals surface area contributed by atoms with Gasteiger partial charge in [-0.25, -0.2) is 4.98 Å². The lowest BCUT2D eigenvalue weighted by atomic mass is 10.0. The molecule has 0 fully saturated rings. The van der Waals surface area contributed by atoms with E-state index >= 15 is 0 Å². The Morgan fingerprint density at radius 2 is 1.89 bits per heavy atom. The number of aliphatic carboxylic acids is 1. The van der Waals surface area contributed by atoms with Crippen molar-refractivity contribution in [3.63, 3.8) is 0 Å². The molecule has 4 rings (SSSR count). The number of para-hydroxylation sites is 1. The first kappa shape index (κ1) is 24.3. The van der Waals surface area contributed by atoms with Gasteiger partial charge in [0.25, 0.3) is 0 Å². The number of carboxylic acids is 1. The molecule has 2 aromatic carbocycles. The lowest BCUT2D eigenvalue weighted by molar-refractivity contribution is -0.136. The third-order valence-corrected chi connectivity index (χ3v) is 5.81. The summed E-state index contributed by atoms with van der Waals surface area (Å²) in [6.45, 7) is 5.88. The van der Waals surface area contributed by atoms with Crippen molar-refractivity contribution in [2.75, 3.05) is 18.5 Å². The number of ether oxygens (including phenoxy) is 1. The van der Waals surface area contributed by atoms with E-state index in [1.807, 2.05) is 66.7 Å². The van der Waals surface area contributed by atoms with Crippen LogP contribution in [0.5, 0.6) is 5.88 Å². The second kappa shape index (κ2) is 11.5. The molecule has 0 radical (unpaired) electrons. The highest BCUT2D eigenvalue weighted by Crippen LogP contribution is 2.28. The molecule has 0 amide bonds. The Hall–Kier alpha value is -3.84. The number of nitrogens with zero attached hydrogens (tertiary/aromatic N) is 1. The fraction of sp³-hybridized carbons (Fsp3) is 0.286. The van der Waals surface area contributed by atoms with Gasteiger partial charge in [-0.05, 0) is 41.8 Å². The molecule has 1 atom stereocenters. The molecule has 0 aliphatic carbocycles. The third kappa shape index (κ3) is 6.83. The average Bonchev–Trinajstić information content (AvgIpc) is 3.30. The number of rotatable bonds is 12. The number of aromatic nitrogens is 1. The van der Waals surface area contributed by atoms with Crippen molar-refractivity contribution >= 4 is 22.6 Å². The second-order valence-electron chi connectivity index (χ2n) is 8.86. The Labute approximate surface area is 205 Å². The quantitative estimate of drug-likeness (QED) is 0.231. The molecule has 3 N–H and O–H groups in total. The van der Waals surface area contributed by atoms with E-state index in [9.17, 15) is 4.79 Å². The number of pyridine rings is 1. The van der Waals surface area contributed by atoms with Gasteiger partial charge in [-0.2, -0.15) is 0 Å². The summed E-state index contributed by atoms with van der Waals surface area (Å²) >= 11 is 0. The number of anilines is 1. The van der Waals surface area contributed by atoms with Gasteiger partial charge in [-0.1, -0.05) is 44.2 Å². The molecule has 0 unspecified atom stereocenters. The standard InChI is InChI=1S/C28H31N3O4/c1-19(2)24(31-23-10-7-20(8-11-23)16-29-14-13-28(32)33)18-34-27-12-9-22(17-30-27)26-15-21-5-3-4-6-25(21)35-26/h3-12,15,17,19,24,29,31H,13-14,16,18H2,1-2H3,(H,32,33)/t24-/m1/s1. The molecule has 7 heteroatoms. The monoisotopic (exact) mass is 473 g/mol. The Morgan fingerprint density at radius 3 is 2.57 bits per heavy atom. The van der Waals surface area contributed by atoms with E-state index in [4.69, 9.17) is 14.3 Å². The summed E-state index contributed by atoms with van der Waals surface area (Å²) in [6, 6.07) is 22.0. The summed E-state index contributed by atoms with van der Waals surface area (Å²) in [7, 11) is 0. The highest BCUT2D eigenvalue weighted by atomic mass is 16.5. The number of hydrogen-bond donors (Lipinski definition) is 3. The van der Waals surface area contributed by atoms with Crippen molar-refractivity contribution in [1.29, 1.82) is 0 Å². The molecule has 4 aromatic rings. The predicted molar refractivity (Wildman–Crippen MR) is 138 cm³/mol. The lowest BCUT2D eigenvalue weighted by Gasteiger charge is -2.23. The number of hydrogen-bond acceptors (Lipinski definition) is 6. The molecule has 2 heterocycles. The van der Waals surface area contributed by atoms with Crippen LogP contribution in [0.25, 0.3) is 22.3 Å². The second-order valence-corrected chi connectivity index (χ2v) is 8.86. The summed E-state index contributed by atoms with van der Waals surface area (Å²) in [5.74, 6) is 0.908. The van der Waals surface area contributed by atoms with Gasteiger partial charge in [0.15, 0.2) is 0 Å². The van der Waals surface area contributed by atoms with Crippen LogP contribution in [-0.4, -0.2) is 35.3 Å². The Kier molecular flexibility index (Phi) is 8.00. The van der Waals surface area contributed by atoms with Crippen LogP contribution in [0.4, 0.5) is 5.69 Å². The van der Waals surface area contributed by atoms with Crippen LogP contribution in [0.1, 0.15) is 25.8 Å². The van der Waals surface area contributed by atoms with Gasteiger partial charge in [0.1, 0.15) is 18.0 Å². The largest absolute Gasteiger partial charge is 0.481 e. The summed E-state index contributed by atoms with van der Waals surface area (Å²) in [5, 5.41) is 16.5.